The maximum absolute atomic E-state index is 14.9. The normalized spacial score (nSPS) is 11.8. The molecule has 6 amide bonds. The van der Waals surface area contributed by atoms with E-state index in [0.29, 0.717) is 17.2 Å². The summed E-state index contributed by atoms with van der Waals surface area (Å²) in [6.07, 6.45) is -3.22. The average Bonchev–Trinajstić information content (AvgIpc) is 3.27. The van der Waals surface area contributed by atoms with Crippen molar-refractivity contribution in [3.63, 3.8) is 0 Å². The summed E-state index contributed by atoms with van der Waals surface area (Å²) in [5.74, 6) is -4.46. The summed E-state index contributed by atoms with van der Waals surface area (Å²) in [5.41, 5.74) is 4.68. The monoisotopic (exact) mass is 955 g/mol. The van der Waals surface area contributed by atoms with Crippen LogP contribution in [0.4, 0.5) is 38.5 Å². The van der Waals surface area contributed by atoms with Crippen molar-refractivity contribution in [1.29, 1.82) is 0 Å². The number of aromatic nitrogens is 1. The molecule has 2 atom stereocenters. The Morgan fingerprint density at radius 3 is 2.30 bits per heavy atom. The minimum Gasteiger partial charge on any atom is -0.461 e. The standard InChI is InChI=1S/C45H46ClF4N7O10/c1-4-19-65-40(60)14-5-26(2)41(61)55-36(24-39(51)59)38(58)20-27-6-8-28(9-7-27)25-66-44(64)57(3)18-17-53-42(62)37-23-31(15-16-52-37)67-30-11-13-35(34(47)22-30)56-43(63)54-29-10-12-33(46)32(21-29)45(48,49)50/h4,6-13,15-16,21-23,26,36H,1,5,14,17-20,24-25H2,2-3H3,(H2,51,59)(H,53,62)(H,55,61)(H2,54,56,63). The van der Waals surface area contributed by atoms with Crippen LogP contribution in [-0.2, 0) is 47.9 Å². The molecule has 3 aromatic carbocycles. The predicted molar refractivity (Wildman–Crippen MR) is 235 cm³/mol. The summed E-state index contributed by atoms with van der Waals surface area (Å²) in [6.45, 7) is 4.98. The molecule has 0 bridgehead atoms. The molecule has 22 heteroatoms. The third-order valence-electron chi connectivity index (χ3n) is 9.43. The van der Waals surface area contributed by atoms with Crippen LogP contribution in [0.25, 0.3) is 0 Å². The van der Waals surface area contributed by atoms with E-state index in [1.165, 1.54) is 42.4 Å². The maximum Gasteiger partial charge on any atom is 0.417 e. The number of pyridine rings is 1. The highest BCUT2D eigenvalue weighted by molar-refractivity contribution is 6.31. The van der Waals surface area contributed by atoms with Gasteiger partial charge in [0.15, 0.2) is 5.78 Å². The Morgan fingerprint density at radius 2 is 1.63 bits per heavy atom. The van der Waals surface area contributed by atoms with Crippen LogP contribution in [0.15, 0.2) is 91.6 Å². The van der Waals surface area contributed by atoms with Crippen LogP contribution in [0.5, 0.6) is 11.5 Å². The molecule has 0 radical (unpaired) electrons. The van der Waals surface area contributed by atoms with E-state index in [9.17, 15) is 51.1 Å². The molecule has 0 fully saturated rings. The van der Waals surface area contributed by atoms with Crippen molar-refractivity contribution in [2.45, 2.75) is 51.4 Å². The van der Waals surface area contributed by atoms with Gasteiger partial charge in [-0.2, -0.15) is 13.2 Å². The van der Waals surface area contributed by atoms with Gasteiger partial charge in [0.1, 0.15) is 36.2 Å². The van der Waals surface area contributed by atoms with Crippen molar-refractivity contribution in [1.82, 2.24) is 20.5 Å². The minimum absolute atomic E-state index is 0.00443. The molecule has 1 aromatic heterocycles. The van der Waals surface area contributed by atoms with Gasteiger partial charge in [-0.3, -0.25) is 29.0 Å². The number of amides is 6. The molecular formula is C45H46ClF4N7O10. The number of anilines is 2. The number of hydrogen-bond donors (Lipinski definition) is 5. The second kappa shape index (κ2) is 24.7. The van der Waals surface area contributed by atoms with Crippen LogP contribution >= 0.6 is 11.6 Å². The third kappa shape index (κ3) is 17.1. The number of likely N-dealkylation sites (N-methyl/N-ethyl adjacent to an activating group) is 1. The van der Waals surface area contributed by atoms with Gasteiger partial charge in [0.2, 0.25) is 11.8 Å². The smallest absolute Gasteiger partial charge is 0.417 e. The number of benzene rings is 3. The Bertz CT molecular complexity index is 2460. The summed E-state index contributed by atoms with van der Waals surface area (Å²) < 4.78 is 70.3. The second-order valence-corrected chi connectivity index (χ2v) is 15.1. The molecule has 6 N–H and O–H groups in total. The Labute approximate surface area is 386 Å². The molecule has 2 unspecified atom stereocenters. The first-order valence-electron chi connectivity index (χ1n) is 20.2. The van der Waals surface area contributed by atoms with Gasteiger partial charge in [0.25, 0.3) is 5.91 Å². The largest absolute Gasteiger partial charge is 0.461 e. The number of esters is 1. The number of nitrogens with two attached hydrogens (primary N) is 1. The summed E-state index contributed by atoms with van der Waals surface area (Å²) >= 11 is 5.60. The van der Waals surface area contributed by atoms with Crippen molar-refractivity contribution in [3.8, 4) is 11.5 Å². The van der Waals surface area contributed by atoms with Gasteiger partial charge in [-0.05, 0) is 53.9 Å². The topological polar surface area (TPSA) is 237 Å². The van der Waals surface area contributed by atoms with Gasteiger partial charge in [0, 0.05) is 62.9 Å². The van der Waals surface area contributed by atoms with E-state index in [-0.39, 0.29) is 74.1 Å². The molecule has 1 heterocycles. The third-order valence-corrected chi connectivity index (χ3v) is 9.76. The molecule has 67 heavy (non-hydrogen) atoms. The zero-order valence-electron chi connectivity index (χ0n) is 36.0. The molecule has 0 saturated heterocycles. The number of carbonyl (C=O) groups excluding carboxylic acids is 7. The van der Waals surface area contributed by atoms with Gasteiger partial charge in [0.05, 0.1) is 28.7 Å². The average molecular weight is 956 g/mol. The Balaban J connectivity index is 1.20. The number of nitrogens with zero attached hydrogens (tertiary/aromatic N) is 2. The van der Waals surface area contributed by atoms with Gasteiger partial charge in [-0.15, -0.1) is 0 Å². The fraction of sp³-hybridized carbons (Fsp3) is 0.289. The number of primary amides is 1. The number of alkyl halides is 3. The lowest BCUT2D eigenvalue weighted by molar-refractivity contribution is -0.143. The number of urea groups is 1. The minimum atomic E-state index is -4.76. The number of ketones is 1. The highest BCUT2D eigenvalue weighted by atomic mass is 35.5. The van der Waals surface area contributed by atoms with E-state index >= 15 is 0 Å². The quantitative estimate of drug-likeness (QED) is 0.0307. The van der Waals surface area contributed by atoms with Crippen molar-refractivity contribution >= 4 is 64.6 Å². The van der Waals surface area contributed by atoms with E-state index in [4.69, 9.17) is 31.5 Å². The van der Waals surface area contributed by atoms with Crippen LogP contribution in [-0.4, -0.2) is 84.3 Å². The van der Waals surface area contributed by atoms with E-state index in [2.05, 4.69) is 32.8 Å². The molecule has 17 nitrogen and oxygen atoms in total. The van der Waals surface area contributed by atoms with E-state index in [1.807, 2.05) is 0 Å². The summed E-state index contributed by atoms with van der Waals surface area (Å²) in [5, 5.41) is 8.98. The van der Waals surface area contributed by atoms with Crippen molar-refractivity contribution < 1.29 is 65.3 Å². The second-order valence-electron chi connectivity index (χ2n) is 14.7. The first kappa shape index (κ1) is 52.1. The highest BCUT2D eigenvalue weighted by Crippen LogP contribution is 2.36. The number of Topliss-reactive ketones (excluding diaryl/α,β-unsaturated/α-hetero) is 1. The molecule has 0 aliphatic heterocycles. The molecule has 356 valence electrons. The number of ether oxygens (including phenoxy) is 3. The number of hydrogen-bond acceptors (Lipinski definition) is 11. The molecule has 0 spiro atoms. The lowest BCUT2D eigenvalue weighted by atomic mass is 9.98. The van der Waals surface area contributed by atoms with Crippen LogP contribution in [0.2, 0.25) is 5.02 Å². The number of halogens is 5. The van der Waals surface area contributed by atoms with Crippen molar-refractivity contribution in [2.24, 2.45) is 11.7 Å². The van der Waals surface area contributed by atoms with Crippen LogP contribution in [0.3, 0.4) is 0 Å². The van der Waals surface area contributed by atoms with E-state index < -0.39 is 82.6 Å². The fourth-order valence-electron chi connectivity index (χ4n) is 5.80. The lowest BCUT2D eigenvalue weighted by Gasteiger charge is -2.19. The molecule has 0 aliphatic rings. The summed E-state index contributed by atoms with van der Waals surface area (Å²) in [6, 6.07) is 13.1. The number of rotatable bonds is 22. The molecule has 4 rings (SSSR count). The Morgan fingerprint density at radius 1 is 0.925 bits per heavy atom. The Kier molecular flexibility index (Phi) is 19.2. The fourth-order valence-corrected chi connectivity index (χ4v) is 6.03. The summed E-state index contributed by atoms with van der Waals surface area (Å²) in [7, 11) is 1.45. The SMILES string of the molecule is C=CCOC(=O)CCC(C)C(=O)NC(CC(N)=O)C(=O)Cc1ccc(COC(=O)N(C)CCNC(=O)c2cc(Oc3ccc(NC(=O)Nc4ccc(Cl)c(C(F)(F)F)c4)c(F)c3)ccn2)cc1. The molecular weight excluding hydrogens is 910 g/mol. The van der Waals surface area contributed by atoms with Crippen LogP contribution < -0.4 is 31.7 Å². The summed E-state index contributed by atoms with van der Waals surface area (Å²) in [4.78, 5) is 92.4. The molecule has 0 aliphatic carbocycles. The van der Waals surface area contributed by atoms with E-state index in [0.717, 1.165) is 24.3 Å². The van der Waals surface area contributed by atoms with Gasteiger partial charge in [-0.25, -0.2) is 14.0 Å². The lowest BCUT2D eigenvalue weighted by Crippen LogP contribution is -2.46. The Hall–Kier alpha value is -7.55. The highest BCUT2D eigenvalue weighted by Gasteiger charge is 2.33. The maximum atomic E-state index is 14.9. The van der Waals surface area contributed by atoms with Crippen LogP contribution in [0, 0.1) is 11.7 Å². The zero-order valence-corrected chi connectivity index (χ0v) is 36.8. The van der Waals surface area contributed by atoms with Gasteiger partial charge >= 0.3 is 24.3 Å². The van der Waals surface area contributed by atoms with Crippen molar-refractivity contribution in [2.75, 3.05) is 37.4 Å². The van der Waals surface area contributed by atoms with Gasteiger partial charge in [-0.1, -0.05) is 55.4 Å². The van der Waals surface area contributed by atoms with Crippen LogP contribution in [0.1, 0.15) is 53.4 Å². The van der Waals surface area contributed by atoms with Crippen molar-refractivity contribution in [3.05, 3.63) is 125 Å². The number of carbonyl (C=O) groups is 7. The first-order chi connectivity index (χ1) is 31.7. The molecule has 0 saturated carbocycles. The number of nitrogens with one attached hydrogen (secondary N) is 4. The van der Waals surface area contributed by atoms with Gasteiger partial charge < -0.3 is 46.1 Å². The van der Waals surface area contributed by atoms with E-state index in [1.54, 1.807) is 31.2 Å². The zero-order chi connectivity index (χ0) is 49.3. The predicted octanol–water partition coefficient (Wildman–Crippen LogP) is 6.94. The first-order valence-corrected chi connectivity index (χ1v) is 20.6. The molecule has 4 aromatic rings.